The standard InChI is InChI=1S/C30H28N4O2/c31-27-17-32-18-28-29(27)30(23-11-13-26(14-12-23)36-25-9-5-2-6-10-25)33-34(28)24-15-22(16-24)20-35-19-21-7-3-1-4-8-21/h1-14,17-18,22,24H,15-16,19-20,31H2. The van der Waals surface area contributed by atoms with E-state index in [0.29, 0.717) is 24.3 Å². The fourth-order valence-corrected chi connectivity index (χ4v) is 4.85. The van der Waals surface area contributed by atoms with E-state index in [-0.39, 0.29) is 0 Å². The molecule has 180 valence electrons. The van der Waals surface area contributed by atoms with Gasteiger partial charge in [0.2, 0.25) is 0 Å². The zero-order valence-electron chi connectivity index (χ0n) is 20.0. The molecule has 0 radical (unpaired) electrons. The first-order valence-electron chi connectivity index (χ1n) is 12.3. The van der Waals surface area contributed by atoms with Crippen LogP contribution in [0.15, 0.2) is 97.3 Å². The van der Waals surface area contributed by atoms with Crippen LogP contribution in [0.3, 0.4) is 0 Å². The molecule has 0 spiro atoms. The number of aromatic nitrogens is 3. The number of rotatable bonds is 8. The first-order chi connectivity index (χ1) is 17.7. The number of pyridine rings is 1. The second-order valence-electron chi connectivity index (χ2n) is 9.35. The number of anilines is 1. The summed E-state index contributed by atoms with van der Waals surface area (Å²) in [5.41, 5.74) is 11.1. The maximum absolute atomic E-state index is 6.39. The van der Waals surface area contributed by atoms with E-state index >= 15 is 0 Å². The van der Waals surface area contributed by atoms with Crippen molar-refractivity contribution in [2.75, 3.05) is 12.3 Å². The molecular weight excluding hydrogens is 448 g/mol. The predicted octanol–water partition coefficient (Wildman–Crippen LogP) is 6.64. The first-order valence-corrected chi connectivity index (χ1v) is 12.3. The van der Waals surface area contributed by atoms with Gasteiger partial charge >= 0.3 is 0 Å². The van der Waals surface area contributed by atoms with E-state index in [2.05, 4.69) is 21.8 Å². The lowest BCUT2D eigenvalue weighted by Crippen LogP contribution is -2.30. The molecule has 3 aromatic carbocycles. The van der Waals surface area contributed by atoms with Gasteiger partial charge in [0.1, 0.15) is 17.2 Å². The molecule has 0 aliphatic heterocycles. The van der Waals surface area contributed by atoms with Gasteiger partial charge in [-0.15, -0.1) is 0 Å². The number of nitrogen functional groups attached to an aromatic ring is 1. The van der Waals surface area contributed by atoms with E-state index in [1.807, 2.05) is 79.0 Å². The zero-order chi connectivity index (χ0) is 24.3. The highest BCUT2D eigenvalue weighted by atomic mass is 16.5. The fourth-order valence-electron chi connectivity index (χ4n) is 4.85. The summed E-state index contributed by atoms with van der Waals surface area (Å²) in [6, 6.07) is 28.4. The van der Waals surface area contributed by atoms with Gasteiger partial charge in [-0.05, 0) is 60.7 Å². The number of benzene rings is 3. The summed E-state index contributed by atoms with van der Waals surface area (Å²) in [6.45, 7) is 1.42. The minimum absolute atomic E-state index is 0.316. The van der Waals surface area contributed by atoms with Crippen molar-refractivity contribution in [2.24, 2.45) is 5.92 Å². The van der Waals surface area contributed by atoms with Gasteiger partial charge in [-0.2, -0.15) is 5.10 Å². The number of fused-ring (bicyclic) bond motifs is 1. The van der Waals surface area contributed by atoms with E-state index in [0.717, 1.165) is 53.1 Å². The van der Waals surface area contributed by atoms with Gasteiger partial charge in [0.25, 0.3) is 0 Å². The molecule has 2 aromatic heterocycles. The lowest BCUT2D eigenvalue weighted by molar-refractivity contribution is 0.0361. The molecule has 2 N–H and O–H groups in total. The fraction of sp³-hybridized carbons (Fsp3) is 0.200. The Hall–Kier alpha value is -4.16. The second-order valence-corrected chi connectivity index (χ2v) is 9.35. The highest BCUT2D eigenvalue weighted by Gasteiger charge is 2.33. The molecule has 5 aromatic rings. The molecule has 0 bridgehead atoms. The Balaban J connectivity index is 1.18. The smallest absolute Gasteiger partial charge is 0.127 e. The molecule has 2 heterocycles. The van der Waals surface area contributed by atoms with Crippen LogP contribution in [0.5, 0.6) is 11.5 Å². The van der Waals surface area contributed by atoms with Crippen LogP contribution in [0, 0.1) is 5.92 Å². The number of hydrogen-bond acceptors (Lipinski definition) is 5. The molecule has 6 rings (SSSR count). The van der Waals surface area contributed by atoms with Gasteiger partial charge in [-0.1, -0.05) is 48.5 Å². The summed E-state index contributed by atoms with van der Waals surface area (Å²) in [4.78, 5) is 4.35. The Morgan fingerprint density at radius 2 is 1.53 bits per heavy atom. The monoisotopic (exact) mass is 476 g/mol. The number of nitrogens with two attached hydrogens (primary N) is 1. The summed E-state index contributed by atoms with van der Waals surface area (Å²) in [6.07, 6.45) is 5.63. The average Bonchev–Trinajstić information content (AvgIpc) is 3.27. The van der Waals surface area contributed by atoms with Crippen molar-refractivity contribution in [1.82, 2.24) is 14.8 Å². The molecular formula is C30H28N4O2. The molecule has 1 aliphatic carbocycles. The Morgan fingerprint density at radius 3 is 2.28 bits per heavy atom. The first kappa shape index (κ1) is 22.3. The van der Waals surface area contributed by atoms with Crippen LogP contribution < -0.4 is 10.5 Å². The molecule has 0 unspecified atom stereocenters. The summed E-state index contributed by atoms with van der Waals surface area (Å²) in [7, 11) is 0. The third-order valence-corrected chi connectivity index (χ3v) is 6.78. The maximum Gasteiger partial charge on any atom is 0.127 e. The van der Waals surface area contributed by atoms with E-state index in [1.165, 1.54) is 5.56 Å². The minimum atomic E-state index is 0.316. The van der Waals surface area contributed by atoms with Crippen LogP contribution in [-0.2, 0) is 11.3 Å². The Kier molecular flexibility index (Phi) is 6.10. The molecule has 0 saturated heterocycles. The van der Waals surface area contributed by atoms with Gasteiger partial charge < -0.3 is 15.2 Å². The third kappa shape index (κ3) is 4.55. The molecule has 1 aliphatic rings. The van der Waals surface area contributed by atoms with Crippen molar-refractivity contribution >= 4 is 16.6 Å². The summed E-state index contributed by atoms with van der Waals surface area (Å²) in [5.74, 6) is 2.12. The van der Waals surface area contributed by atoms with E-state index < -0.39 is 0 Å². The van der Waals surface area contributed by atoms with E-state index in [9.17, 15) is 0 Å². The zero-order valence-corrected chi connectivity index (χ0v) is 20.0. The van der Waals surface area contributed by atoms with Gasteiger partial charge in [-0.25, -0.2) is 0 Å². The van der Waals surface area contributed by atoms with Crippen LogP contribution in [0.25, 0.3) is 22.2 Å². The highest BCUT2D eigenvalue weighted by Crippen LogP contribution is 2.42. The average molecular weight is 477 g/mol. The third-order valence-electron chi connectivity index (χ3n) is 6.78. The summed E-state index contributed by atoms with van der Waals surface area (Å²) in [5, 5.41) is 5.98. The molecule has 1 fully saturated rings. The van der Waals surface area contributed by atoms with Crippen molar-refractivity contribution < 1.29 is 9.47 Å². The Bertz CT molecular complexity index is 1440. The van der Waals surface area contributed by atoms with Crippen LogP contribution in [0.1, 0.15) is 24.4 Å². The van der Waals surface area contributed by atoms with Gasteiger partial charge in [-0.3, -0.25) is 9.67 Å². The predicted molar refractivity (Wildman–Crippen MR) is 142 cm³/mol. The van der Waals surface area contributed by atoms with Gasteiger partial charge in [0.15, 0.2) is 0 Å². The molecule has 6 heteroatoms. The van der Waals surface area contributed by atoms with Crippen LogP contribution in [0.4, 0.5) is 5.69 Å². The van der Waals surface area contributed by atoms with Crippen molar-refractivity contribution in [2.45, 2.75) is 25.5 Å². The maximum atomic E-state index is 6.39. The molecule has 1 saturated carbocycles. The highest BCUT2D eigenvalue weighted by molar-refractivity contribution is 6.01. The number of nitrogens with zero attached hydrogens (tertiary/aromatic N) is 3. The quantitative estimate of drug-likeness (QED) is 0.272. The van der Waals surface area contributed by atoms with E-state index in [4.69, 9.17) is 20.3 Å². The largest absolute Gasteiger partial charge is 0.457 e. The Labute approximate surface area is 210 Å². The Morgan fingerprint density at radius 1 is 0.833 bits per heavy atom. The summed E-state index contributed by atoms with van der Waals surface area (Å²) >= 11 is 0. The van der Waals surface area contributed by atoms with E-state index in [1.54, 1.807) is 6.20 Å². The number of para-hydroxylation sites is 1. The normalized spacial score (nSPS) is 17.1. The SMILES string of the molecule is Nc1cncc2c1c(-c1ccc(Oc3ccccc3)cc1)nn2C1CC(COCc2ccccc2)C1. The van der Waals surface area contributed by atoms with Crippen LogP contribution >= 0.6 is 0 Å². The lowest BCUT2D eigenvalue weighted by atomic mass is 9.81. The summed E-state index contributed by atoms with van der Waals surface area (Å²) < 4.78 is 14.0. The van der Waals surface area contributed by atoms with Crippen molar-refractivity contribution in [3.63, 3.8) is 0 Å². The van der Waals surface area contributed by atoms with Gasteiger partial charge in [0.05, 0.1) is 41.6 Å². The second kappa shape index (κ2) is 9.84. The topological polar surface area (TPSA) is 75.2 Å². The van der Waals surface area contributed by atoms with Crippen molar-refractivity contribution in [1.29, 1.82) is 0 Å². The van der Waals surface area contributed by atoms with Crippen LogP contribution in [-0.4, -0.2) is 21.4 Å². The molecule has 0 amide bonds. The minimum Gasteiger partial charge on any atom is -0.457 e. The molecule has 36 heavy (non-hydrogen) atoms. The van der Waals surface area contributed by atoms with Crippen LogP contribution in [0.2, 0.25) is 0 Å². The lowest BCUT2D eigenvalue weighted by Gasteiger charge is -2.35. The number of hydrogen-bond donors (Lipinski definition) is 1. The van der Waals surface area contributed by atoms with Crippen molar-refractivity contribution in [3.8, 4) is 22.8 Å². The van der Waals surface area contributed by atoms with Crippen molar-refractivity contribution in [3.05, 3.63) is 103 Å². The molecule has 0 atom stereocenters. The number of ether oxygens (including phenoxy) is 2. The van der Waals surface area contributed by atoms with Gasteiger partial charge in [0, 0.05) is 12.2 Å². The molecule has 6 nitrogen and oxygen atoms in total.